The molecule has 12 nitrogen and oxygen atoms in total. The molecule has 3 heterocycles. The number of fused-ring (bicyclic) bond motifs is 1. The van der Waals surface area contributed by atoms with Gasteiger partial charge in [-0.1, -0.05) is 12.1 Å². The lowest BCUT2D eigenvalue weighted by Gasteiger charge is -2.21. The van der Waals surface area contributed by atoms with Crippen LogP contribution in [0, 0.1) is 11.3 Å². The minimum atomic E-state index is -3.59. The Morgan fingerprint density at radius 2 is 1.85 bits per heavy atom. The Bertz CT molecular complexity index is 1640. The number of nitrogens with one attached hydrogen (secondary N) is 4. The monoisotopic (exact) mass is 557 g/mol. The van der Waals surface area contributed by atoms with E-state index in [4.69, 9.17) is 4.74 Å². The van der Waals surface area contributed by atoms with Gasteiger partial charge in [0.05, 0.1) is 35.6 Å². The van der Waals surface area contributed by atoms with Gasteiger partial charge in [-0.2, -0.15) is 5.26 Å². The summed E-state index contributed by atoms with van der Waals surface area (Å²) in [4.78, 5) is 15.2. The van der Waals surface area contributed by atoms with Crippen LogP contribution in [0.5, 0.6) is 0 Å². The summed E-state index contributed by atoms with van der Waals surface area (Å²) >= 11 is 0. The van der Waals surface area contributed by atoms with Crippen molar-refractivity contribution in [2.24, 2.45) is 0 Å². The van der Waals surface area contributed by atoms with E-state index in [-0.39, 0.29) is 34.2 Å². The molecule has 0 saturated carbocycles. The van der Waals surface area contributed by atoms with E-state index >= 15 is 0 Å². The van der Waals surface area contributed by atoms with Crippen LogP contribution in [0.4, 0.5) is 43.2 Å². The Balaban J connectivity index is 1.73. The first-order chi connectivity index (χ1) is 18.6. The number of H-pyrrole nitrogens is 1. The number of hydrogen-bond donors (Lipinski definition) is 4. The maximum absolute atomic E-state index is 13.5. The van der Waals surface area contributed by atoms with Crippen LogP contribution in [0.2, 0.25) is 0 Å². The van der Waals surface area contributed by atoms with Crippen molar-refractivity contribution in [2.45, 2.75) is 6.43 Å². The number of anilines is 6. The number of nitrogens with zero attached hydrogens (tertiary/aromatic N) is 5. The SMILES string of the molecule is COCCNc1ccc(Nc2cc(Nc3ccccc3N(C)S(C)(=O)=O)c3nc(C(F)F)[nH]c3n2)nc1C#N. The number of imidazole rings is 1. The molecule has 3 aromatic heterocycles. The number of halogens is 2. The van der Waals surface area contributed by atoms with E-state index in [1.54, 1.807) is 43.5 Å². The number of hydrogen-bond acceptors (Lipinski definition) is 10. The zero-order chi connectivity index (χ0) is 28.2. The highest BCUT2D eigenvalue weighted by molar-refractivity contribution is 7.92. The highest BCUT2D eigenvalue weighted by Gasteiger charge is 2.20. The number of ether oxygens (including phenoxy) is 1. The lowest BCUT2D eigenvalue weighted by Crippen LogP contribution is -2.25. The molecule has 1 aromatic carbocycles. The molecule has 0 unspecified atom stereocenters. The van der Waals surface area contributed by atoms with E-state index in [1.807, 2.05) is 6.07 Å². The molecule has 0 amide bonds. The van der Waals surface area contributed by atoms with E-state index < -0.39 is 22.3 Å². The Labute approximate surface area is 223 Å². The number of sulfonamides is 1. The largest absolute Gasteiger partial charge is 0.383 e. The third-order valence-electron chi connectivity index (χ3n) is 5.57. The van der Waals surface area contributed by atoms with Crippen LogP contribution < -0.4 is 20.3 Å². The number of para-hydroxylation sites is 2. The van der Waals surface area contributed by atoms with Crippen LogP contribution in [0.25, 0.3) is 11.2 Å². The first kappa shape index (κ1) is 27.5. The molecule has 204 valence electrons. The van der Waals surface area contributed by atoms with Crippen molar-refractivity contribution < 1.29 is 21.9 Å². The molecule has 4 rings (SSSR count). The van der Waals surface area contributed by atoms with E-state index in [1.165, 1.54) is 13.1 Å². The Morgan fingerprint density at radius 1 is 1.08 bits per heavy atom. The standard InChI is InChI=1S/C24H25F2N9O3S/c1-35(39(3,36)37)18-7-5-4-6-15(18)29-16-12-20(32-23-21(16)33-24(34-23)22(25)26)31-19-9-8-14(17(13-27)30-19)28-10-11-38-2/h4-9,12,22,28H,10-11H2,1-3H3,(H3,29,30,31,32,33,34). The molecule has 4 N–H and O–H groups in total. The molecule has 39 heavy (non-hydrogen) atoms. The fourth-order valence-corrected chi connectivity index (χ4v) is 4.14. The predicted octanol–water partition coefficient (Wildman–Crippen LogP) is 4.10. The van der Waals surface area contributed by atoms with E-state index in [9.17, 15) is 22.5 Å². The number of methoxy groups -OCH3 is 1. The molecule has 0 bridgehead atoms. The van der Waals surface area contributed by atoms with Crippen LogP contribution in [-0.2, 0) is 14.8 Å². The van der Waals surface area contributed by atoms with Crippen molar-refractivity contribution >= 4 is 55.6 Å². The molecule has 0 radical (unpaired) electrons. The van der Waals surface area contributed by atoms with Crippen molar-refractivity contribution in [3.63, 3.8) is 0 Å². The third kappa shape index (κ3) is 6.30. The van der Waals surface area contributed by atoms with Crippen LogP contribution in [-0.4, -0.2) is 61.9 Å². The number of nitriles is 1. The fourth-order valence-electron chi connectivity index (χ4n) is 3.62. The molecule has 4 aromatic rings. The summed E-state index contributed by atoms with van der Waals surface area (Å²) in [6.45, 7) is 0.924. The van der Waals surface area contributed by atoms with E-state index in [0.717, 1.165) is 10.6 Å². The van der Waals surface area contributed by atoms with Crippen molar-refractivity contribution in [3.05, 3.63) is 54.0 Å². The first-order valence-electron chi connectivity index (χ1n) is 11.5. The second-order valence-corrected chi connectivity index (χ2v) is 10.3. The minimum absolute atomic E-state index is 0.0603. The van der Waals surface area contributed by atoms with Gasteiger partial charge in [-0.15, -0.1) is 0 Å². The van der Waals surface area contributed by atoms with Crippen LogP contribution in [0.3, 0.4) is 0 Å². The highest BCUT2D eigenvalue weighted by Crippen LogP contribution is 2.34. The van der Waals surface area contributed by atoms with Gasteiger partial charge in [0.15, 0.2) is 17.2 Å². The van der Waals surface area contributed by atoms with Gasteiger partial charge in [-0.05, 0) is 24.3 Å². The molecule has 0 fully saturated rings. The molecule has 0 atom stereocenters. The van der Waals surface area contributed by atoms with Gasteiger partial charge in [0, 0.05) is 26.8 Å². The van der Waals surface area contributed by atoms with Crippen molar-refractivity contribution in [1.29, 1.82) is 5.26 Å². The van der Waals surface area contributed by atoms with Gasteiger partial charge in [-0.25, -0.2) is 32.2 Å². The molecule has 0 spiro atoms. The van der Waals surface area contributed by atoms with Gasteiger partial charge >= 0.3 is 0 Å². The average molecular weight is 558 g/mol. The van der Waals surface area contributed by atoms with Crippen LogP contribution in [0.15, 0.2) is 42.5 Å². The van der Waals surface area contributed by atoms with Gasteiger partial charge in [0.1, 0.15) is 23.2 Å². The number of pyridine rings is 2. The predicted molar refractivity (Wildman–Crippen MR) is 144 cm³/mol. The second-order valence-electron chi connectivity index (χ2n) is 8.30. The zero-order valence-electron chi connectivity index (χ0n) is 21.2. The number of aromatic amines is 1. The molecule has 0 saturated heterocycles. The Morgan fingerprint density at radius 3 is 2.54 bits per heavy atom. The summed E-state index contributed by atoms with van der Waals surface area (Å²) in [5.74, 6) is -0.0806. The summed E-state index contributed by atoms with van der Waals surface area (Å²) in [6, 6.07) is 13.5. The smallest absolute Gasteiger partial charge is 0.295 e. The molecule has 0 aliphatic heterocycles. The normalized spacial score (nSPS) is 11.4. The maximum atomic E-state index is 13.5. The van der Waals surface area contributed by atoms with Crippen LogP contribution in [0.1, 0.15) is 17.9 Å². The summed E-state index contributed by atoms with van der Waals surface area (Å²) < 4.78 is 57.4. The topological polar surface area (TPSA) is 161 Å². The molecule has 0 aliphatic rings. The lowest BCUT2D eigenvalue weighted by atomic mass is 10.2. The summed E-state index contributed by atoms with van der Waals surface area (Å²) in [5, 5.41) is 18.7. The first-order valence-corrected chi connectivity index (χ1v) is 13.3. The van der Waals surface area contributed by atoms with Crippen molar-refractivity contribution in [1.82, 2.24) is 19.9 Å². The van der Waals surface area contributed by atoms with E-state index in [0.29, 0.717) is 30.2 Å². The quantitative estimate of drug-likeness (QED) is 0.198. The number of benzene rings is 1. The Kier molecular flexibility index (Phi) is 8.07. The van der Waals surface area contributed by atoms with Gasteiger partial charge in [0.2, 0.25) is 10.0 Å². The second kappa shape index (κ2) is 11.5. The van der Waals surface area contributed by atoms with Gasteiger partial charge < -0.3 is 25.7 Å². The molecule has 0 aliphatic carbocycles. The van der Waals surface area contributed by atoms with Gasteiger partial charge in [0.25, 0.3) is 6.43 Å². The maximum Gasteiger partial charge on any atom is 0.295 e. The fraction of sp³-hybridized carbons (Fsp3) is 0.250. The summed E-state index contributed by atoms with van der Waals surface area (Å²) in [7, 11) is -0.615. The third-order valence-corrected chi connectivity index (χ3v) is 6.76. The number of rotatable bonds is 11. The van der Waals surface area contributed by atoms with Crippen molar-refractivity contribution in [3.8, 4) is 6.07 Å². The highest BCUT2D eigenvalue weighted by atomic mass is 32.2. The van der Waals surface area contributed by atoms with Crippen molar-refractivity contribution in [2.75, 3.05) is 53.8 Å². The minimum Gasteiger partial charge on any atom is -0.383 e. The van der Waals surface area contributed by atoms with Crippen LogP contribution >= 0.6 is 0 Å². The summed E-state index contributed by atoms with van der Waals surface area (Å²) in [6.07, 6.45) is -1.80. The Hall–Kier alpha value is -4.55. The number of alkyl halides is 2. The lowest BCUT2D eigenvalue weighted by molar-refractivity contribution is 0.142. The number of aromatic nitrogens is 4. The van der Waals surface area contributed by atoms with E-state index in [2.05, 4.69) is 35.9 Å². The summed E-state index contributed by atoms with van der Waals surface area (Å²) in [5.41, 5.74) is 1.84. The zero-order valence-corrected chi connectivity index (χ0v) is 22.0. The molecular weight excluding hydrogens is 532 g/mol. The molecule has 15 heteroatoms. The van der Waals surface area contributed by atoms with Gasteiger partial charge in [-0.3, -0.25) is 4.31 Å². The average Bonchev–Trinajstić information content (AvgIpc) is 3.34. The molecular formula is C24H25F2N9O3S.